The van der Waals surface area contributed by atoms with Crippen molar-refractivity contribution in [3.8, 4) is 0 Å². The van der Waals surface area contributed by atoms with E-state index in [0.29, 0.717) is 5.69 Å². The molecule has 7 heteroatoms. The lowest BCUT2D eigenvalue weighted by Crippen LogP contribution is -2.46. The number of benzene rings is 1. The van der Waals surface area contributed by atoms with Crippen LogP contribution in [0.2, 0.25) is 36.3 Å². The van der Waals surface area contributed by atoms with Gasteiger partial charge in [0.1, 0.15) is 5.69 Å². The van der Waals surface area contributed by atoms with Crippen molar-refractivity contribution >= 4 is 33.5 Å². The minimum absolute atomic E-state index is 0.0870. The molecule has 0 saturated carbocycles. The van der Waals surface area contributed by atoms with Crippen molar-refractivity contribution in [2.24, 2.45) is 0 Å². The second-order valence-corrected chi connectivity index (χ2v) is 20.0. The van der Waals surface area contributed by atoms with Crippen LogP contribution in [0.3, 0.4) is 0 Å². The summed E-state index contributed by atoms with van der Waals surface area (Å²) in [4.78, 5) is 18.4. The van der Waals surface area contributed by atoms with Crippen LogP contribution in [-0.4, -0.2) is 21.4 Å². The van der Waals surface area contributed by atoms with E-state index in [2.05, 4.69) is 77.7 Å². The van der Waals surface area contributed by atoms with Gasteiger partial charge in [0, 0.05) is 11.8 Å². The average molecular weight is 382 g/mol. The first-order valence-corrected chi connectivity index (χ1v) is 14.8. The summed E-state index contributed by atoms with van der Waals surface area (Å²) >= 11 is 0. The first-order valence-electron chi connectivity index (χ1n) is 8.83. The van der Waals surface area contributed by atoms with E-state index in [4.69, 9.17) is 0 Å². The van der Waals surface area contributed by atoms with E-state index in [0.717, 1.165) is 5.69 Å². The van der Waals surface area contributed by atoms with Gasteiger partial charge in [0.2, 0.25) is 0 Å². The minimum atomic E-state index is -1.91. The SMILES string of the molecule is CC(C)(C)[Si](C)(C)Nc1ccc([N+](=O)[O-])c(N[Si](C)(C)C(C)(C)C)c1. The normalized spacial score (nSPS) is 13.5. The largest absolute Gasteiger partial charge is 0.410 e. The van der Waals surface area contributed by atoms with E-state index in [1.807, 2.05) is 12.1 Å². The highest BCUT2D eigenvalue weighted by atomic mass is 28.3. The highest BCUT2D eigenvalue weighted by Crippen LogP contribution is 2.40. The van der Waals surface area contributed by atoms with Crippen LogP contribution < -0.4 is 9.96 Å². The Morgan fingerprint density at radius 1 is 0.880 bits per heavy atom. The third-order valence-electron chi connectivity index (χ3n) is 5.85. The molecule has 0 spiro atoms. The number of nitrogens with zero attached hydrogens (tertiary/aromatic N) is 1. The highest BCUT2D eigenvalue weighted by molar-refractivity contribution is 6.83. The molecule has 0 radical (unpaired) electrons. The van der Waals surface area contributed by atoms with Gasteiger partial charge < -0.3 is 9.96 Å². The maximum atomic E-state index is 11.5. The van der Waals surface area contributed by atoms with Crippen LogP contribution in [0.25, 0.3) is 0 Å². The fourth-order valence-electron chi connectivity index (χ4n) is 1.95. The lowest BCUT2D eigenvalue weighted by atomic mass is 10.2. The molecule has 0 aliphatic rings. The number of anilines is 2. The number of rotatable bonds is 5. The summed E-state index contributed by atoms with van der Waals surface area (Å²) in [5, 5.41) is 11.8. The van der Waals surface area contributed by atoms with Crippen LogP contribution in [0.4, 0.5) is 17.1 Å². The molecule has 0 aliphatic heterocycles. The molecule has 0 heterocycles. The van der Waals surface area contributed by atoms with Crippen LogP contribution in [0, 0.1) is 10.1 Å². The average Bonchev–Trinajstić information content (AvgIpc) is 2.34. The Balaban J connectivity index is 3.30. The van der Waals surface area contributed by atoms with Crippen LogP contribution in [0.5, 0.6) is 0 Å². The van der Waals surface area contributed by atoms with Gasteiger partial charge in [0.25, 0.3) is 5.69 Å². The monoisotopic (exact) mass is 381 g/mol. The zero-order chi connectivity index (χ0) is 19.8. The molecule has 1 rings (SSSR count). The van der Waals surface area contributed by atoms with Gasteiger partial charge in [0.15, 0.2) is 16.5 Å². The maximum Gasteiger partial charge on any atom is 0.291 e. The molecular weight excluding hydrogens is 346 g/mol. The Labute approximate surface area is 154 Å². The summed E-state index contributed by atoms with van der Waals surface area (Å²) in [6.45, 7) is 22.3. The van der Waals surface area contributed by atoms with Crippen molar-refractivity contribution in [1.29, 1.82) is 0 Å². The Kier molecular flexibility index (Phi) is 5.86. The van der Waals surface area contributed by atoms with Crippen molar-refractivity contribution < 1.29 is 4.92 Å². The zero-order valence-electron chi connectivity index (χ0n) is 17.5. The molecular formula is C18H35N3O2Si2. The molecule has 0 aliphatic carbocycles. The Morgan fingerprint density at radius 3 is 1.72 bits per heavy atom. The fourth-order valence-corrected chi connectivity index (χ4v) is 4.45. The second-order valence-electron chi connectivity index (χ2n) is 9.99. The van der Waals surface area contributed by atoms with Crippen molar-refractivity contribution in [2.75, 3.05) is 9.96 Å². The predicted octanol–water partition coefficient (Wildman–Crippen LogP) is 6.43. The molecule has 0 saturated heterocycles. The van der Waals surface area contributed by atoms with Crippen LogP contribution >= 0.6 is 0 Å². The molecule has 0 amide bonds. The van der Waals surface area contributed by atoms with Gasteiger partial charge in [-0.1, -0.05) is 67.7 Å². The van der Waals surface area contributed by atoms with E-state index in [1.165, 1.54) is 0 Å². The third-order valence-corrected chi connectivity index (χ3v) is 15.2. The molecule has 142 valence electrons. The second kappa shape index (κ2) is 6.76. The topological polar surface area (TPSA) is 67.2 Å². The molecule has 0 aromatic heterocycles. The molecule has 0 atom stereocenters. The predicted molar refractivity (Wildman–Crippen MR) is 115 cm³/mol. The molecule has 2 N–H and O–H groups in total. The molecule has 0 bridgehead atoms. The van der Waals surface area contributed by atoms with Crippen molar-refractivity contribution in [2.45, 2.75) is 77.8 Å². The summed E-state index contributed by atoms with van der Waals surface area (Å²) in [5.74, 6) is 0. The molecule has 1 aromatic carbocycles. The first kappa shape index (κ1) is 21.7. The standard InChI is InChI=1S/C18H35N3O2Si2/c1-17(2,3)24(7,8)19-14-11-12-16(21(22)23)15(13-14)20-25(9,10)18(4,5)6/h11-13,19-20H,1-10H3. The zero-order valence-corrected chi connectivity index (χ0v) is 19.5. The van der Waals surface area contributed by atoms with Crippen molar-refractivity contribution in [3.63, 3.8) is 0 Å². The number of nitrogens with one attached hydrogen (secondary N) is 2. The van der Waals surface area contributed by atoms with Gasteiger partial charge in [-0.2, -0.15) is 0 Å². The number of hydrogen-bond acceptors (Lipinski definition) is 4. The number of nitro benzene ring substituents is 1. The van der Waals surface area contributed by atoms with Gasteiger partial charge in [0.05, 0.1) is 4.92 Å². The lowest BCUT2D eigenvalue weighted by molar-refractivity contribution is -0.383. The Bertz CT molecular complexity index is 645. The summed E-state index contributed by atoms with van der Waals surface area (Å²) in [6, 6.07) is 5.36. The highest BCUT2D eigenvalue weighted by Gasteiger charge is 2.38. The molecule has 25 heavy (non-hydrogen) atoms. The minimum Gasteiger partial charge on any atom is -0.410 e. The molecule has 1 aromatic rings. The summed E-state index contributed by atoms with van der Waals surface area (Å²) < 4.78 is 0. The van der Waals surface area contributed by atoms with E-state index < -0.39 is 16.5 Å². The van der Waals surface area contributed by atoms with Crippen molar-refractivity contribution in [3.05, 3.63) is 28.3 Å². The smallest absolute Gasteiger partial charge is 0.291 e. The molecule has 0 unspecified atom stereocenters. The van der Waals surface area contributed by atoms with Crippen LogP contribution in [0.15, 0.2) is 18.2 Å². The number of hydrogen-bond donors (Lipinski definition) is 2. The lowest BCUT2D eigenvalue weighted by Gasteiger charge is -2.39. The van der Waals surface area contributed by atoms with Gasteiger partial charge >= 0.3 is 0 Å². The first-order chi connectivity index (χ1) is 11.0. The van der Waals surface area contributed by atoms with Gasteiger partial charge in [-0.25, -0.2) is 0 Å². The van der Waals surface area contributed by atoms with E-state index >= 15 is 0 Å². The fraction of sp³-hybridized carbons (Fsp3) is 0.667. The van der Waals surface area contributed by atoms with Gasteiger partial charge in [-0.05, 0) is 22.2 Å². The summed E-state index contributed by atoms with van der Waals surface area (Å²) in [6.07, 6.45) is 0. The van der Waals surface area contributed by atoms with E-state index in [-0.39, 0.29) is 20.7 Å². The van der Waals surface area contributed by atoms with Crippen LogP contribution in [-0.2, 0) is 0 Å². The summed E-state index contributed by atoms with van der Waals surface area (Å²) in [5.41, 5.74) is 1.73. The van der Waals surface area contributed by atoms with Crippen LogP contribution in [0.1, 0.15) is 41.5 Å². The van der Waals surface area contributed by atoms with E-state index in [9.17, 15) is 10.1 Å². The van der Waals surface area contributed by atoms with Gasteiger partial charge in [-0.3, -0.25) is 10.1 Å². The van der Waals surface area contributed by atoms with Gasteiger partial charge in [-0.15, -0.1) is 0 Å². The Hall–Kier alpha value is -1.35. The molecule has 5 nitrogen and oxygen atoms in total. The number of nitro groups is 1. The Morgan fingerprint density at radius 2 is 1.32 bits per heavy atom. The maximum absolute atomic E-state index is 11.5. The van der Waals surface area contributed by atoms with Crippen molar-refractivity contribution in [1.82, 2.24) is 0 Å². The summed E-state index contributed by atoms with van der Waals surface area (Å²) in [7, 11) is -3.66. The van der Waals surface area contributed by atoms with E-state index in [1.54, 1.807) is 6.07 Å². The molecule has 0 fully saturated rings. The third kappa shape index (κ3) is 5.07. The quantitative estimate of drug-likeness (QED) is 0.350.